The van der Waals surface area contributed by atoms with Gasteiger partial charge in [0.25, 0.3) is 0 Å². The third kappa shape index (κ3) is 7.56. The lowest BCUT2D eigenvalue weighted by atomic mass is 9.99. The van der Waals surface area contributed by atoms with E-state index in [0.717, 1.165) is 11.1 Å². The lowest BCUT2D eigenvalue weighted by Gasteiger charge is -2.22. The van der Waals surface area contributed by atoms with Crippen LogP contribution in [0.3, 0.4) is 0 Å². The number of amides is 1. The quantitative estimate of drug-likeness (QED) is 0.458. The van der Waals surface area contributed by atoms with Crippen molar-refractivity contribution in [2.24, 2.45) is 0 Å². The van der Waals surface area contributed by atoms with Crippen molar-refractivity contribution in [2.45, 2.75) is 45.3 Å². The first kappa shape index (κ1) is 24.7. The van der Waals surface area contributed by atoms with Crippen LogP contribution in [-0.4, -0.2) is 36.6 Å². The zero-order chi connectivity index (χ0) is 23.2. The van der Waals surface area contributed by atoms with Gasteiger partial charge < -0.3 is 14.8 Å². The molecule has 8 heteroatoms. The normalized spacial score (nSPS) is 12.1. The third-order valence-electron chi connectivity index (χ3n) is 4.25. The minimum atomic E-state index is -0.908. The third-order valence-corrected chi connectivity index (χ3v) is 4.88. The Balaban J connectivity index is 2.07. The lowest BCUT2D eigenvalue weighted by molar-refractivity contribution is -0.143. The van der Waals surface area contributed by atoms with E-state index in [1.165, 1.54) is 7.11 Å². The van der Waals surface area contributed by atoms with Gasteiger partial charge in [0.2, 0.25) is 0 Å². The van der Waals surface area contributed by atoms with Crippen molar-refractivity contribution in [2.75, 3.05) is 7.11 Å². The van der Waals surface area contributed by atoms with E-state index >= 15 is 0 Å². The van der Waals surface area contributed by atoms with E-state index in [4.69, 9.17) is 32.7 Å². The van der Waals surface area contributed by atoms with Gasteiger partial charge in [0.05, 0.1) is 22.7 Å². The molecule has 0 aliphatic heterocycles. The molecule has 0 radical (unpaired) electrons. The number of benzene rings is 2. The summed E-state index contributed by atoms with van der Waals surface area (Å²) >= 11 is 12.2. The first-order chi connectivity index (χ1) is 14.5. The van der Waals surface area contributed by atoms with Crippen LogP contribution in [0.25, 0.3) is 0 Å². The molecule has 0 aliphatic carbocycles. The highest BCUT2D eigenvalue weighted by Crippen LogP contribution is 2.26. The molecule has 0 spiro atoms. The van der Waals surface area contributed by atoms with Gasteiger partial charge in [-0.05, 0) is 44.0 Å². The number of halogens is 2. The van der Waals surface area contributed by atoms with Gasteiger partial charge in [0.15, 0.2) is 5.78 Å². The van der Waals surface area contributed by atoms with Crippen LogP contribution >= 0.6 is 23.2 Å². The summed E-state index contributed by atoms with van der Waals surface area (Å²) < 4.78 is 9.99. The zero-order valence-electron chi connectivity index (χ0n) is 17.8. The molecule has 0 saturated carbocycles. The topological polar surface area (TPSA) is 81.7 Å². The van der Waals surface area contributed by atoms with Gasteiger partial charge in [0.1, 0.15) is 11.6 Å². The molecule has 2 aromatic carbocycles. The number of methoxy groups -OCH3 is 1. The molecule has 0 fully saturated rings. The fourth-order valence-corrected chi connectivity index (χ4v) is 3.46. The van der Waals surface area contributed by atoms with Crippen LogP contribution < -0.4 is 5.32 Å². The predicted molar refractivity (Wildman–Crippen MR) is 120 cm³/mol. The van der Waals surface area contributed by atoms with Gasteiger partial charge in [-0.3, -0.25) is 4.79 Å². The maximum absolute atomic E-state index is 12.6. The lowest BCUT2D eigenvalue weighted by Crippen LogP contribution is -2.45. The molecule has 166 valence electrons. The summed E-state index contributed by atoms with van der Waals surface area (Å²) in [7, 11) is 1.25. The maximum Gasteiger partial charge on any atom is 0.408 e. The number of esters is 1. The van der Waals surface area contributed by atoms with E-state index in [1.807, 2.05) is 0 Å². The standard InChI is InChI=1S/C23H25Cl2NO5/c1-23(2,3)31-22(29)26-18(21(28)30-4)12-14-8-10-15(11-9-14)13-19(27)20-16(24)6-5-7-17(20)25/h5-11,18H,12-13H2,1-4H3,(H,26,29)/t18-/m0/s1. The van der Waals surface area contributed by atoms with Gasteiger partial charge >= 0.3 is 12.1 Å². The Hall–Kier alpha value is -2.57. The largest absolute Gasteiger partial charge is 0.467 e. The van der Waals surface area contributed by atoms with Crippen LogP contribution in [0.15, 0.2) is 42.5 Å². The number of carbonyl (C=O) groups is 3. The molecule has 0 bridgehead atoms. The molecule has 2 aromatic rings. The minimum absolute atomic E-state index is 0.125. The molecule has 1 amide bonds. The fourth-order valence-electron chi connectivity index (χ4n) is 2.85. The number of carbonyl (C=O) groups excluding carboxylic acids is 3. The maximum atomic E-state index is 12.6. The smallest absolute Gasteiger partial charge is 0.408 e. The van der Waals surface area contributed by atoms with E-state index in [1.54, 1.807) is 63.2 Å². The number of ether oxygens (including phenoxy) is 2. The summed E-state index contributed by atoms with van der Waals surface area (Å²) in [6.07, 6.45) is -0.377. The number of Topliss-reactive ketones (excluding diaryl/α,β-unsaturated/α-hetero) is 1. The molecule has 2 rings (SSSR count). The molecule has 1 atom stereocenters. The van der Waals surface area contributed by atoms with Gasteiger partial charge in [-0.15, -0.1) is 0 Å². The number of hydrogen-bond donors (Lipinski definition) is 1. The highest BCUT2D eigenvalue weighted by Gasteiger charge is 2.25. The van der Waals surface area contributed by atoms with E-state index in [-0.39, 0.29) is 18.6 Å². The Morgan fingerprint density at radius 1 is 0.968 bits per heavy atom. The molecule has 6 nitrogen and oxygen atoms in total. The minimum Gasteiger partial charge on any atom is -0.467 e. The SMILES string of the molecule is COC(=O)[C@H](Cc1ccc(CC(=O)c2c(Cl)cccc2Cl)cc1)NC(=O)OC(C)(C)C. The van der Waals surface area contributed by atoms with Crippen molar-refractivity contribution in [3.05, 3.63) is 69.2 Å². The van der Waals surface area contributed by atoms with Crippen LogP contribution in [0.4, 0.5) is 4.79 Å². The van der Waals surface area contributed by atoms with E-state index < -0.39 is 23.7 Å². The number of alkyl carbamates (subject to hydrolysis) is 1. The Labute approximate surface area is 191 Å². The van der Waals surface area contributed by atoms with Gasteiger partial charge in [-0.2, -0.15) is 0 Å². The van der Waals surface area contributed by atoms with Crippen molar-refractivity contribution < 1.29 is 23.9 Å². The molecular formula is C23H25Cl2NO5. The van der Waals surface area contributed by atoms with E-state index in [9.17, 15) is 14.4 Å². The average Bonchev–Trinajstić information content (AvgIpc) is 2.66. The Kier molecular flexibility index (Phi) is 8.48. The van der Waals surface area contributed by atoms with Crippen LogP contribution in [0.1, 0.15) is 42.3 Å². The summed E-state index contributed by atoms with van der Waals surface area (Å²) in [6, 6.07) is 11.1. The summed E-state index contributed by atoms with van der Waals surface area (Å²) in [6.45, 7) is 5.20. The Bertz CT molecular complexity index is 931. The number of ketones is 1. The number of rotatable bonds is 7. The summed E-state index contributed by atoms with van der Waals surface area (Å²) in [5.41, 5.74) is 1.14. The van der Waals surface area contributed by atoms with Crippen molar-refractivity contribution in [3.8, 4) is 0 Å². The molecular weight excluding hydrogens is 441 g/mol. The Morgan fingerprint density at radius 3 is 2.03 bits per heavy atom. The second-order valence-corrected chi connectivity index (χ2v) is 8.75. The van der Waals surface area contributed by atoms with Gasteiger partial charge in [-0.1, -0.05) is 53.5 Å². The molecule has 0 saturated heterocycles. The van der Waals surface area contributed by atoms with Crippen LogP contribution in [-0.2, 0) is 27.1 Å². The average molecular weight is 466 g/mol. The van der Waals surface area contributed by atoms with Crippen LogP contribution in [0.5, 0.6) is 0 Å². The fraction of sp³-hybridized carbons (Fsp3) is 0.348. The van der Waals surface area contributed by atoms with E-state index in [2.05, 4.69) is 5.32 Å². The Morgan fingerprint density at radius 2 is 1.52 bits per heavy atom. The van der Waals surface area contributed by atoms with Crippen LogP contribution in [0, 0.1) is 0 Å². The predicted octanol–water partition coefficient (Wildman–Crippen LogP) is 5.03. The molecule has 0 unspecified atom stereocenters. The summed E-state index contributed by atoms with van der Waals surface area (Å²) in [5, 5.41) is 3.15. The van der Waals surface area contributed by atoms with Crippen molar-refractivity contribution in [1.82, 2.24) is 5.32 Å². The highest BCUT2D eigenvalue weighted by molar-refractivity contribution is 6.39. The van der Waals surface area contributed by atoms with E-state index in [0.29, 0.717) is 15.6 Å². The summed E-state index contributed by atoms with van der Waals surface area (Å²) in [4.78, 5) is 36.7. The van der Waals surface area contributed by atoms with Crippen molar-refractivity contribution in [3.63, 3.8) is 0 Å². The molecule has 0 aliphatic rings. The monoisotopic (exact) mass is 465 g/mol. The summed E-state index contributed by atoms with van der Waals surface area (Å²) in [5.74, 6) is -0.777. The highest BCUT2D eigenvalue weighted by atomic mass is 35.5. The van der Waals surface area contributed by atoms with Crippen molar-refractivity contribution >= 4 is 41.0 Å². The molecule has 0 aromatic heterocycles. The molecule has 0 heterocycles. The number of nitrogens with one attached hydrogen (secondary N) is 1. The first-order valence-corrected chi connectivity index (χ1v) is 10.4. The first-order valence-electron chi connectivity index (χ1n) is 9.62. The second-order valence-electron chi connectivity index (χ2n) is 7.94. The second kappa shape index (κ2) is 10.6. The molecule has 1 N–H and O–H groups in total. The molecule has 31 heavy (non-hydrogen) atoms. The zero-order valence-corrected chi connectivity index (χ0v) is 19.3. The van der Waals surface area contributed by atoms with Gasteiger partial charge in [0, 0.05) is 12.8 Å². The van der Waals surface area contributed by atoms with Crippen molar-refractivity contribution in [1.29, 1.82) is 0 Å². The van der Waals surface area contributed by atoms with Crippen LogP contribution in [0.2, 0.25) is 10.0 Å². The number of hydrogen-bond acceptors (Lipinski definition) is 5. The van der Waals surface area contributed by atoms with Gasteiger partial charge in [-0.25, -0.2) is 9.59 Å².